The van der Waals surface area contributed by atoms with Gasteiger partial charge in [-0.15, -0.1) is 0 Å². The van der Waals surface area contributed by atoms with Crippen molar-refractivity contribution in [2.45, 2.75) is 0 Å². The molecule has 0 bridgehead atoms. The summed E-state index contributed by atoms with van der Waals surface area (Å²) in [5.41, 5.74) is 11.0. The van der Waals surface area contributed by atoms with Crippen LogP contribution in [0.1, 0.15) is 0 Å². The van der Waals surface area contributed by atoms with Crippen molar-refractivity contribution in [1.82, 2.24) is 9.97 Å². The van der Waals surface area contributed by atoms with Crippen molar-refractivity contribution in [3.63, 3.8) is 0 Å². The molecule has 0 saturated heterocycles. The molecule has 0 aliphatic heterocycles. The highest BCUT2D eigenvalue weighted by molar-refractivity contribution is 14.1. The van der Waals surface area contributed by atoms with Gasteiger partial charge in [-0.25, -0.2) is 0 Å². The lowest BCUT2D eigenvalue weighted by Gasteiger charge is -2.07. The van der Waals surface area contributed by atoms with Gasteiger partial charge in [0.25, 0.3) is 0 Å². The van der Waals surface area contributed by atoms with Gasteiger partial charge in [-0.3, -0.25) is 0 Å². The van der Waals surface area contributed by atoms with Gasteiger partial charge >= 0.3 is 0 Å². The number of rotatable bonds is 2. The van der Waals surface area contributed by atoms with Crippen LogP contribution in [0.5, 0.6) is 11.6 Å². The summed E-state index contributed by atoms with van der Waals surface area (Å²) in [4.78, 5) is 7.69. The zero-order valence-electron chi connectivity index (χ0n) is 8.22. The molecule has 0 aliphatic carbocycles. The highest BCUT2D eigenvalue weighted by Crippen LogP contribution is 2.25. The lowest BCUT2D eigenvalue weighted by atomic mass is 10.3. The summed E-state index contributed by atoms with van der Waals surface area (Å²) in [6.45, 7) is 0. The molecule has 2 rings (SSSR count). The number of anilines is 2. The number of nitrogen functional groups attached to an aromatic ring is 2. The molecule has 0 amide bonds. The average Bonchev–Trinajstić information content (AvgIpc) is 2.20. The van der Waals surface area contributed by atoms with Crippen LogP contribution in [0.15, 0.2) is 30.3 Å². The van der Waals surface area contributed by atoms with Crippen molar-refractivity contribution in [2.75, 3.05) is 11.5 Å². The quantitative estimate of drug-likeness (QED) is 0.824. The van der Waals surface area contributed by atoms with Crippen LogP contribution < -0.4 is 16.2 Å². The molecule has 0 unspecified atom stereocenters. The van der Waals surface area contributed by atoms with Crippen LogP contribution >= 0.6 is 22.6 Å². The van der Waals surface area contributed by atoms with E-state index in [0.717, 1.165) is 3.57 Å². The Morgan fingerprint density at radius 2 is 1.88 bits per heavy atom. The Morgan fingerprint density at radius 3 is 2.56 bits per heavy atom. The fourth-order valence-electron chi connectivity index (χ4n) is 1.15. The Bertz CT molecular complexity index is 498. The van der Waals surface area contributed by atoms with Gasteiger partial charge in [-0.1, -0.05) is 12.1 Å². The van der Waals surface area contributed by atoms with E-state index in [9.17, 15) is 0 Å². The summed E-state index contributed by atoms with van der Waals surface area (Å²) in [5, 5.41) is 0. The highest BCUT2D eigenvalue weighted by atomic mass is 127. The first-order valence-electron chi connectivity index (χ1n) is 4.47. The fourth-order valence-corrected chi connectivity index (χ4v) is 1.65. The van der Waals surface area contributed by atoms with Gasteiger partial charge in [0.15, 0.2) is 0 Å². The molecule has 0 saturated carbocycles. The number of benzene rings is 1. The van der Waals surface area contributed by atoms with Crippen LogP contribution in [0.3, 0.4) is 0 Å². The van der Waals surface area contributed by atoms with Gasteiger partial charge < -0.3 is 16.2 Å². The molecule has 16 heavy (non-hydrogen) atoms. The molecular formula is C10H9IN4O. The molecular weight excluding hydrogens is 319 g/mol. The number of ether oxygens (including phenoxy) is 1. The smallest absolute Gasteiger partial charge is 0.226 e. The average molecular weight is 328 g/mol. The number of nitrogens with zero attached hydrogens (tertiary/aromatic N) is 2. The Hall–Kier alpha value is -1.57. The maximum absolute atomic E-state index is 5.55. The van der Waals surface area contributed by atoms with Crippen molar-refractivity contribution in [2.24, 2.45) is 0 Å². The van der Waals surface area contributed by atoms with Gasteiger partial charge in [0.1, 0.15) is 11.6 Å². The third kappa shape index (κ3) is 2.51. The predicted octanol–water partition coefficient (Wildman–Crippen LogP) is 2.04. The molecule has 0 aliphatic rings. The molecule has 2 aromatic rings. The topological polar surface area (TPSA) is 87.0 Å². The predicted molar refractivity (Wildman–Crippen MR) is 70.1 cm³/mol. The number of aromatic nitrogens is 2. The van der Waals surface area contributed by atoms with Crippen LogP contribution in [0, 0.1) is 3.57 Å². The van der Waals surface area contributed by atoms with Gasteiger partial charge in [0.05, 0.1) is 3.57 Å². The number of hydrogen-bond donors (Lipinski definition) is 2. The van der Waals surface area contributed by atoms with E-state index in [4.69, 9.17) is 16.2 Å². The second kappa shape index (κ2) is 4.52. The lowest BCUT2D eigenvalue weighted by molar-refractivity contribution is 0.460. The second-order valence-corrected chi connectivity index (χ2v) is 4.18. The second-order valence-electron chi connectivity index (χ2n) is 3.02. The monoisotopic (exact) mass is 328 g/mol. The van der Waals surface area contributed by atoms with Crippen LogP contribution in [-0.2, 0) is 0 Å². The molecule has 5 nitrogen and oxygen atoms in total. The summed E-state index contributed by atoms with van der Waals surface area (Å²) >= 11 is 2.17. The summed E-state index contributed by atoms with van der Waals surface area (Å²) in [7, 11) is 0. The van der Waals surface area contributed by atoms with E-state index in [1.54, 1.807) is 0 Å². The Morgan fingerprint density at radius 1 is 1.12 bits per heavy atom. The third-order valence-corrected chi connectivity index (χ3v) is 2.68. The standard InChI is InChI=1S/C10H9IN4O/c11-6-3-1-2-4-7(6)16-9-5-8(12)14-10(13)15-9/h1-5H,(H4,12,13,14,15). The first kappa shape index (κ1) is 10.9. The van der Waals surface area contributed by atoms with E-state index in [1.165, 1.54) is 6.07 Å². The van der Waals surface area contributed by atoms with Crippen molar-refractivity contribution < 1.29 is 4.74 Å². The van der Waals surface area contributed by atoms with Crippen molar-refractivity contribution in [3.8, 4) is 11.6 Å². The molecule has 6 heteroatoms. The summed E-state index contributed by atoms with van der Waals surface area (Å²) in [5.74, 6) is 1.43. The first-order chi connectivity index (χ1) is 7.65. The Kier molecular flexibility index (Phi) is 3.09. The van der Waals surface area contributed by atoms with Crippen molar-refractivity contribution in [1.29, 1.82) is 0 Å². The minimum Gasteiger partial charge on any atom is -0.438 e. The number of nitrogens with two attached hydrogens (primary N) is 2. The van der Waals surface area contributed by atoms with E-state index in [1.807, 2.05) is 24.3 Å². The van der Waals surface area contributed by atoms with Crippen molar-refractivity contribution in [3.05, 3.63) is 33.9 Å². The minimum absolute atomic E-state index is 0.0981. The van der Waals surface area contributed by atoms with E-state index in [-0.39, 0.29) is 11.8 Å². The van der Waals surface area contributed by atoms with Gasteiger partial charge in [0.2, 0.25) is 11.8 Å². The van der Waals surface area contributed by atoms with E-state index in [0.29, 0.717) is 11.6 Å². The molecule has 82 valence electrons. The van der Waals surface area contributed by atoms with Crippen LogP contribution in [-0.4, -0.2) is 9.97 Å². The highest BCUT2D eigenvalue weighted by Gasteiger charge is 2.04. The van der Waals surface area contributed by atoms with Crippen LogP contribution in [0.2, 0.25) is 0 Å². The van der Waals surface area contributed by atoms with Gasteiger partial charge in [0, 0.05) is 6.07 Å². The SMILES string of the molecule is Nc1cc(Oc2ccccc2I)nc(N)n1. The maximum Gasteiger partial charge on any atom is 0.226 e. The molecule has 4 N–H and O–H groups in total. The minimum atomic E-state index is 0.0981. The van der Waals surface area contributed by atoms with E-state index >= 15 is 0 Å². The summed E-state index contributed by atoms with van der Waals surface area (Å²) in [6, 6.07) is 9.11. The number of para-hydroxylation sites is 1. The van der Waals surface area contributed by atoms with Gasteiger partial charge in [-0.2, -0.15) is 9.97 Å². The molecule has 1 heterocycles. The van der Waals surface area contributed by atoms with E-state index < -0.39 is 0 Å². The summed E-state index contributed by atoms with van der Waals surface area (Å²) in [6.07, 6.45) is 0. The third-order valence-electron chi connectivity index (χ3n) is 1.79. The fraction of sp³-hybridized carbons (Fsp3) is 0. The maximum atomic E-state index is 5.55. The molecule has 0 atom stereocenters. The lowest BCUT2D eigenvalue weighted by Crippen LogP contribution is -2.01. The van der Waals surface area contributed by atoms with Crippen LogP contribution in [0.4, 0.5) is 11.8 Å². The number of hydrogen-bond acceptors (Lipinski definition) is 5. The summed E-state index contributed by atoms with van der Waals surface area (Å²) < 4.78 is 6.53. The molecule has 0 radical (unpaired) electrons. The molecule has 0 spiro atoms. The van der Waals surface area contributed by atoms with E-state index in [2.05, 4.69) is 32.6 Å². The number of halogens is 1. The van der Waals surface area contributed by atoms with Crippen LogP contribution in [0.25, 0.3) is 0 Å². The normalized spacial score (nSPS) is 10.1. The van der Waals surface area contributed by atoms with Crippen molar-refractivity contribution >= 4 is 34.4 Å². The zero-order chi connectivity index (χ0) is 11.5. The largest absolute Gasteiger partial charge is 0.438 e. The van der Waals surface area contributed by atoms with Gasteiger partial charge in [-0.05, 0) is 34.7 Å². The molecule has 1 aromatic carbocycles. The first-order valence-corrected chi connectivity index (χ1v) is 5.55. The Balaban J connectivity index is 2.30. The Labute approximate surface area is 106 Å². The zero-order valence-corrected chi connectivity index (χ0v) is 10.4. The molecule has 0 fully saturated rings. The molecule has 1 aromatic heterocycles.